The van der Waals surface area contributed by atoms with Gasteiger partial charge in [-0.15, -0.1) is 0 Å². The third kappa shape index (κ3) is 10.0. The fourth-order valence-electron chi connectivity index (χ4n) is 18.2. The number of hydrogen-bond acceptors (Lipinski definition) is 4. The molecule has 22 rings (SSSR count). The molecule has 6 heterocycles. The number of nitrogens with zero attached hydrogens (tertiary/aromatic N) is 4. The third-order valence-electron chi connectivity index (χ3n) is 23.5. The Morgan fingerprint density at radius 2 is 0.676 bits per heavy atom. The first kappa shape index (κ1) is 59.4. The van der Waals surface area contributed by atoms with E-state index in [0.717, 1.165) is 194 Å². The third-order valence-corrected chi connectivity index (χ3v) is 23.5. The van der Waals surface area contributed by atoms with Crippen LogP contribution < -0.4 is 26.2 Å². The van der Waals surface area contributed by atoms with E-state index in [1.165, 1.54) is 11.1 Å². The van der Waals surface area contributed by atoms with Crippen molar-refractivity contribution in [1.29, 1.82) is 0 Å². The molecule has 0 bridgehead atoms. The van der Waals surface area contributed by atoms with Gasteiger partial charge >= 0.3 is 0 Å². The molecule has 0 saturated heterocycles. The molecule has 0 fully saturated rings. The number of benzene rings is 16. The normalized spacial score (nSPS) is 13.5. The van der Waals surface area contributed by atoms with Gasteiger partial charge < -0.3 is 27.8 Å². The second-order valence-electron chi connectivity index (χ2n) is 31.9. The van der Waals surface area contributed by atoms with Gasteiger partial charge in [0.05, 0.1) is 51.7 Å². The first-order valence-corrected chi connectivity index (χ1v) is 38.3. The summed E-state index contributed by atoms with van der Waals surface area (Å²) in [6.45, 7) is 13.2. The van der Waals surface area contributed by atoms with Crippen LogP contribution in [-0.2, 0) is 10.8 Å². The molecule has 0 aliphatic carbocycles. The van der Waals surface area contributed by atoms with Gasteiger partial charge in [-0.2, -0.15) is 0 Å². The van der Waals surface area contributed by atoms with E-state index in [2.05, 4.69) is 352 Å². The molecule has 0 saturated carbocycles. The smallest absolute Gasteiger partial charge is 0.252 e. The van der Waals surface area contributed by atoms with Crippen LogP contribution in [-0.4, -0.2) is 15.8 Å². The van der Waals surface area contributed by atoms with Crippen LogP contribution in [0.2, 0.25) is 0 Å². The van der Waals surface area contributed by atoms with E-state index in [1.54, 1.807) is 0 Å². The molecular weight excluding hydrogens is 1350 g/mol. The van der Waals surface area contributed by atoms with Crippen molar-refractivity contribution in [3.63, 3.8) is 0 Å². The zero-order valence-electron chi connectivity index (χ0n) is 67.2. The maximum atomic E-state index is 10.2. The molecule has 2 aliphatic rings. The molecule has 2 aliphatic heterocycles. The highest BCUT2D eigenvalue weighted by atomic mass is 16.3. The minimum atomic E-state index is -0.531. The van der Waals surface area contributed by atoms with E-state index in [9.17, 15) is 6.85 Å². The standard InChI is InChI=1S/C104H75BN4O2/c1-103(2,3)72-48-54-88-82(62-72)83-63-73(104(4,5)6)49-55-89(83)107(88)93-41-25-37-75(70-45-51-81-79-35-19-23-43-97(79)111-99(81)61-70)102(93)109-91-53-47-68(65-28-12-8-13-29-65)57-85(91)105-84-56-67(64-26-10-7-11-27-64)46-52-90(84)108(94-58-71(59-95(109)100(94)105)66-30-14-9-15-31-66)101-74(69-44-50-80-78-34-18-22-42-96(78)110-98(80)60-69)36-24-40-92(101)106-86-38-20-16-32-76(86)77-33-17-21-39-87(77)106/h7-63H,1-6H3/i9D,14D,15D,30D,31D. The average Bonchev–Trinajstić information content (AvgIpc) is 0.831. The summed E-state index contributed by atoms with van der Waals surface area (Å²) in [6.07, 6.45) is 0. The van der Waals surface area contributed by atoms with Crippen LogP contribution in [0.3, 0.4) is 0 Å². The van der Waals surface area contributed by atoms with Crippen molar-refractivity contribution < 1.29 is 15.7 Å². The van der Waals surface area contributed by atoms with Gasteiger partial charge in [0.25, 0.3) is 6.71 Å². The number of aromatic nitrogens is 2. The second kappa shape index (κ2) is 24.4. The molecule has 16 aromatic carbocycles. The summed E-state index contributed by atoms with van der Waals surface area (Å²) in [6, 6.07) is 112. The van der Waals surface area contributed by atoms with E-state index in [1.807, 2.05) is 24.3 Å². The van der Waals surface area contributed by atoms with Gasteiger partial charge in [-0.3, -0.25) is 0 Å². The zero-order valence-corrected chi connectivity index (χ0v) is 62.2. The Morgan fingerprint density at radius 3 is 1.14 bits per heavy atom. The number of furan rings is 2. The van der Waals surface area contributed by atoms with Crippen molar-refractivity contribution in [2.45, 2.75) is 52.4 Å². The quantitative estimate of drug-likeness (QED) is 0.135. The highest BCUT2D eigenvalue weighted by Crippen LogP contribution is 2.55. The summed E-state index contributed by atoms with van der Waals surface area (Å²) in [5.41, 5.74) is 27.3. The molecule has 0 radical (unpaired) electrons. The van der Waals surface area contributed by atoms with Crippen molar-refractivity contribution in [1.82, 2.24) is 9.13 Å². The van der Waals surface area contributed by atoms with Gasteiger partial charge in [0.2, 0.25) is 0 Å². The van der Waals surface area contributed by atoms with Crippen molar-refractivity contribution in [3.8, 4) is 67.0 Å². The number of anilines is 6. The fraction of sp³-hybridized carbons (Fsp3) is 0.0769. The van der Waals surface area contributed by atoms with Crippen LogP contribution in [0, 0.1) is 0 Å². The topological polar surface area (TPSA) is 42.6 Å². The Kier molecular flexibility index (Phi) is 13.1. The van der Waals surface area contributed by atoms with Crippen LogP contribution in [0.25, 0.3) is 154 Å². The Balaban J connectivity index is 0.939. The van der Waals surface area contributed by atoms with Crippen LogP contribution in [0.4, 0.5) is 34.1 Å². The summed E-state index contributed by atoms with van der Waals surface area (Å²) < 4.78 is 67.5. The van der Waals surface area contributed by atoms with Crippen LogP contribution in [0.5, 0.6) is 0 Å². The molecule has 0 atom stereocenters. The SMILES string of the molecule is [2H]c1c([2H])c([2H])c(-c2cc3c4c(c2)N(c2c(-c5ccc6c(c5)oc5ccccc56)cccc2-n2c5ccc(C(C)(C)C)cc5c5cc(C(C)(C)C)ccc52)c2ccc(-c5ccccc5)cc2B4c2cc(-c4ccccc4)ccc2N3c2c(-c3ccc4c(c3)oc3ccccc34)cccc2-n2c3ccccc3c3ccccc32)c([2H])c1[2H]. The monoisotopic (exact) mass is 1430 g/mol. The molecule has 526 valence electrons. The van der Waals surface area contributed by atoms with Crippen molar-refractivity contribution in [3.05, 3.63) is 357 Å². The molecule has 0 spiro atoms. The largest absolute Gasteiger partial charge is 0.456 e. The van der Waals surface area contributed by atoms with E-state index in [4.69, 9.17) is 8.83 Å². The van der Waals surface area contributed by atoms with Gasteiger partial charge in [-0.1, -0.05) is 278 Å². The summed E-state index contributed by atoms with van der Waals surface area (Å²) in [7, 11) is 0. The Labute approximate surface area is 651 Å². The average molecular weight is 1430 g/mol. The van der Waals surface area contributed by atoms with Gasteiger partial charge in [-0.25, -0.2) is 0 Å². The van der Waals surface area contributed by atoms with Gasteiger partial charge in [0.1, 0.15) is 22.3 Å². The Morgan fingerprint density at radius 1 is 0.270 bits per heavy atom. The minimum Gasteiger partial charge on any atom is -0.456 e. The molecule has 6 nitrogen and oxygen atoms in total. The highest BCUT2D eigenvalue weighted by Gasteiger charge is 2.46. The maximum absolute atomic E-state index is 10.2. The highest BCUT2D eigenvalue weighted by molar-refractivity contribution is 7.00. The Hall–Kier alpha value is -13.6. The Bertz CT molecular complexity index is 7430. The van der Waals surface area contributed by atoms with Crippen molar-refractivity contribution in [2.24, 2.45) is 0 Å². The number of rotatable bonds is 9. The van der Waals surface area contributed by atoms with Crippen LogP contribution >= 0.6 is 0 Å². The van der Waals surface area contributed by atoms with Crippen LogP contribution in [0.1, 0.15) is 59.5 Å². The van der Waals surface area contributed by atoms with E-state index < -0.39 is 24.8 Å². The van der Waals surface area contributed by atoms with E-state index in [0.29, 0.717) is 5.56 Å². The lowest BCUT2D eigenvalue weighted by Gasteiger charge is -2.46. The summed E-state index contributed by atoms with van der Waals surface area (Å²) in [5.74, 6) is 0. The van der Waals surface area contributed by atoms with Crippen molar-refractivity contribution >= 4 is 145 Å². The second-order valence-corrected chi connectivity index (χ2v) is 31.9. The zero-order chi connectivity index (χ0) is 78.5. The molecule has 7 heteroatoms. The molecule has 0 N–H and O–H groups in total. The van der Waals surface area contributed by atoms with Crippen molar-refractivity contribution in [2.75, 3.05) is 9.80 Å². The predicted octanol–water partition coefficient (Wildman–Crippen LogP) is 26.7. The first-order chi connectivity index (χ1) is 56.4. The molecule has 4 aromatic heterocycles. The first-order valence-electron chi connectivity index (χ1n) is 40.8. The van der Waals surface area contributed by atoms with Gasteiger partial charge in [0.15, 0.2) is 0 Å². The fourth-order valence-corrected chi connectivity index (χ4v) is 18.2. The summed E-state index contributed by atoms with van der Waals surface area (Å²) in [4.78, 5) is 4.92. The number of fused-ring (bicyclic) bond motifs is 16. The molecule has 0 unspecified atom stereocenters. The summed E-state index contributed by atoms with van der Waals surface area (Å²) in [5, 5.41) is 8.50. The van der Waals surface area contributed by atoms with E-state index in [-0.39, 0.29) is 28.5 Å². The molecular formula is C104H75BN4O2. The maximum Gasteiger partial charge on any atom is 0.252 e. The molecule has 111 heavy (non-hydrogen) atoms. The lowest BCUT2D eigenvalue weighted by Crippen LogP contribution is -2.61. The summed E-state index contributed by atoms with van der Waals surface area (Å²) >= 11 is 0. The molecule has 20 aromatic rings. The number of hydrogen-bond donors (Lipinski definition) is 0. The lowest BCUT2D eigenvalue weighted by atomic mass is 9.33. The lowest BCUT2D eigenvalue weighted by molar-refractivity contribution is 0.590. The minimum absolute atomic E-state index is 0.0729. The van der Waals surface area contributed by atoms with Gasteiger partial charge in [-0.05, 0) is 192 Å². The predicted molar refractivity (Wildman–Crippen MR) is 468 cm³/mol. The number of para-hydroxylation sites is 6. The van der Waals surface area contributed by atoms with Gasteiger partial charge in [0, 0.05) is 77.0 Å². The molecule has 0 amide bonds. The van der Waals surface area contributed by atoms with E-state index >= 15 is 0 Å². The van der Waals surface area contributed by atoms with Crippen LogP contribution in [0.15, 0.2) is 354 Å².